The van der Waals surface area contributed by atoms with Crippen molar-refractivity contribution in [3.05, 3.63) is 69.8 Å². The molecule has 1 atom stereocenters. The lowest BCUT2D eigenvalue weighted by Crippen LogP contribution is -2.23. The van der Waals surface area contributed by atoms with Crippen LogP contribution in [0, 0.1) is 11.7 Å². The average molecular weight is 528 g/mol. The van der Waals surface area contributed by atoms with E-state index in [1.807, 2.05) is 24.4 Å². The van der Waals surface area contributed by atoms with Gasteiger partial charge in [0.1, 0.15) is 11.6 Å². The minimum atomic E-state index is -0.199. The van der Waals surface area contributed by atoms with E-state index in [0.29, 0.717) is 11.8 Å². The number of hydrogen-bond acceptors (Lipinski definition) is 4. The molecule has 2 aromatic carbocycles. The highest BCUT2D eigenvalue weighted by molar-refractivity contribution is 9.10. The molecule has 0 spiro atoms. The molecule has 170 valence electrons. The Morgan fingerprint density at radius 3 is 2.67 bits per heavy atom. The van der Waals surface area contributed by atoms with Gasteiger partial charge in [-0.1, -0.05) is 15.9 Å². The third-order valence-electron chi connectivity index (χ3n) is 6.73. The molecule has 0 saturated heterocycles. The molecule has 1 aliphatic rings. The van der Waals surface area contributed by atoms with Crippen molar-refractivity contribution in [1.82, 2.24) is 15.0 Å². The van der Waals surface area contributed by atoms with Gasteiger partial charge in [0.2, 0.25) is 5.28 Å². The second-order valence-corrected chi connectivity index (χ2v) is 10.3. The van der Waals surface area contributed by atoms with E-state index in [-0.39, 0.29) is 17.1 Å². The van der Waals surface area contributed by atoms with E-state index in [4.69, 9.17) is 11.6 Å². The molecule has 0 amide bonds. The molecule has 1 fully saturated rings. The third kappa shape index (κ3) is 4.97. The van der Waals surface area contributed by atoms with Crippen LogP contribution in [0.2, 0.25) is 5.28 Å². The van der Waals surface area contributed by atoms with Crippen molar-refractivity contribution in [2.24, 2.45) is 5.92 Å². The summed E-state index contributed by atoms with van der Waals surface area (Å²) in [4.78, 5) is 13.2. The van der Waals surface area contributed by atoms with Gasteiger partial charge in [-0.25, -0.2) is 14.4 Å². The number of hydrogen-bond donors (Lipinski definition) is 1. The monoisotopic (exact) mass is 526 g/mol. The predicted molar refractivity (Wildman–Crippen MR) is 136 cm³/mol. The summed E-state index contributed by atoms with van der Waals surface area (Å²) in [6.07, 6.45) is 7.47. The Bertz CT molecular complexity index is 1300. The van der Waals surface area contributed by atoms with Gasteiger partial charge in [-0.05, 0) is 110 Å². The summed E-state index contributed by atoms with van der Waals surface area (Å²) in [6, 6.07) is 13.2. The van der Waals surface area contributed by atoms with Gasteiger partial charge in [-0.15, -0.1) is 0 Å². The first kappa shape index (κ1) is 22.5. The largest absolute Gasteiger partial charge is 0.367 e. The number of aromatic nitrogens is 3. The fourth-order valence-corrected chi connectivity index (χ4v) is 5.71. The number of anilines is 1. The van der Waals surface area contributed by atoms with Crippen LogP contribution >= 0.6 is 27.5 Å². The Labute approximate surface area is 206 Å². The van der Waals surface area contributed by atoms with Crippen molar-refractivity contribution >= 4 is 55.2 Å². The second-order valence-electron chi connectivity index (χ2n) is 9.06. The molecule has 2 heterocycles. The van der Waals surface area contributed by atoms with E-state index >= 15 is 0 Å². The second kappa shape index (κ2) is 9.51. The zero-order chi connectivity index (χ0) is 22.9. The summed E-state index contributed by atoms with van der Waals surface area (Å²) < 4.78 is 14.8. The Hall–Kier alpha value is -2.31. The lowest BCUT2D eigenvalue weighted by atomic mass is 9.76. The van der Waals surface area contributed by atoms with Crippen LogP contribution in [0.4, 0.5) is 10.2 Å². The topological polar surface area (TPSA) is 50.7 Å². The molecule has 4 aromatic rings. The van der Waals surface area contributed by atoms with Gasteiger partial charge in [0, 0.05) is 27.5 Å². The van der Waals surface area contributed by atoms with Gasteiger partial charge >= 0.3 is 0 Å². The highest BCUT2D eigenvalue weighted by atomic mass is 79.9. The van der Waals surface area contributed by atoms with Crippen LogP contribution < -0.4 is 5.32 Å². The van der Waals surface area contributed by atoms with Gasteiger partial charge in [-0.2, -0.15) is 0 Å². The summed E-state index contributed by atoms with van der Waals surface area (Å²) in [5.74, 6) is 1.69. The van der Waals surface area contributed by atoms with Crippen molar-refractivity contribution in [1.29, 1.82) is 0 Å². The summed E-state index contributed by atoms with van der Waals surface area (Å²) in [5, 5.41) is 5.73. The van der Waals surface area contributed by atoms with Crippen LogP contribution in [0.5, 0.6) is 0 Å². The fraction of sp³-hybridized carbons (Fsp3) is 0.346. The maximum absolute atomic E-state index is 13.9. The number of fused-ring (bicyclic) bond motifs is 2. The summed E-state index contributed by atoms with van der Waals surface area (Å²) in [5.41, 5.74) is 2.93. The molecule has 0 radical (unpaired) electrons. The van der Waals surface area contributed by atoms with Crippen LogP contribution in [0.25, 0.3) is 21.8 Å². The first-order chi connectivity index (χ1) is 16.0. The number of benzene rings is 2. The maximum atomic E-state index is 13.9. The molecular formula is C26H25BrClFN4. The summed E-state index contributed by atoms with van der Waals surface area (Å²) in [7, 11) is 0. The van der Waals surface area contributed by atoms with E-state index in [2.05, 4.69) is 49.2 Å². The molecule has 0 bridgehead atoms. The Morgan fingerprint density at radius 1 is 1.03 bits per heavy atom. The molecule has 4 nitrogen and oxygen atoms in total. The number of nitrogens with zero attached hydrogens (tertiary/aromatic N) is 3. The molecule has 0 aliphatic heterocycles. The normalized spacial score (nSPS) is 19.6. The van der Waals surface area contributed by atoms with Crippen LogP contribution in [-0.2, 0) is 0 Å². The summed E-state index contributed by atoms with van der Waals surface area (Å²) in [6.45, 7) is 2.20. The molecule has 33 heavy (non-hydrogen) atoms. The Balaban J connectivity index is 1.24. The molecule has 1 N–H and O–H groups in total. The average Bonchev–Trinajstić information content (AvgIpc) is 2.78. The van der Waals surface area contributed by atoms with Crippen molar-refractivity contribution in [3.63, 3.8) is 0 Å². The SMILES string of the molecule is C[C@H](C[C@H]1CC[C@H](c2ccnc3ccc(F)cc32)CC1)Nc1nc(Cl)nc2cc(Br)ccc12. The van der Waals surface area contributed by atoms with Crippen molar-refractivity contribution in [3.8, 4) is 0 Å². The van der Waals surface area contributed by atoms with Crippen LogP contribution in [0.3, 0.4) is 0 Å². The molecule has 1 aliphatic carbocycles. The zero-order valence-electron chi connectivity index (χ0n) is 18.4. The molecule has 2 aromatic heterocycles. The number of pyridine rings is 1. The van der Waals surface area contributed by atoms with Crippen LogP contribution in [-0.4, -0.2) is 21.0 Å². The number of rotatable bonds is 5. The standard InChI is InChI=1S/C26H25BrClFN4/c1-15(31-25-21-8-6-18(27)13-24(21)32-26(28)33-25)12-16-2-4-17(5-3-16)20-10-11-30-23-9-7-19(29)14-22(20)23/h6-11,13-17H,2-5,12H2,1H3,(H,31,32,33)/t15-,16-,17-/m1/s1. The molecule has 7 heteroatoms. The zero-order valence-corrected chi connectivity index (χ0v) is 20.7. The third-order valence-corrected chi connectivity index (χ3v) is 7.39. The van der Waals surface area contributed by atoms with E-state index < -0.39 is 0 Å². The fourth-order valence-electron chi connectivity index (χ4n) is 5.18. The first-order valence-electron chi connectivity index (χ1n) is 11.4. The number of nitrogens with one attached hydrogen (secondary N) is 1. The number of halogens is 3. The highest BCUT2D eigenvalue weighted by Crippen LogP contribution is 2.40. The van der Waals surface area contributed by atoms with Crippen molar-refractivity contribution in [2.75, 3.05) is 5.32 Å². The lowest BCUT2D eigenvalue weighted by molar-refractivity contribution is 0.302. The molecule has 5 rings (SSSR count). The van der Waals surface area contributed by atoms with Gasteiger partial charge in [0.25, 0.3) is 0 Å². The van der Waals surface area contributed by atoms with Crippen LogP contribution in [0.1, 0.15) is 50.5 Å². The van der Waals surface area contributed by atoms with Gasteiger partial charge in [-0.3, -0.25) is 4.98 Å². The van der Waals surface area contributed by atoms with E-state index in [9.17, 15) is 4.39 Å². The Morgan fingerprint density at radius 2 is 1.85 bits per heavy atom. The predicted octanol–water partition coefficient (Wildman–Crippen LogP) is 7.90. The molecular weight excluding hydrogens is 503 g/mol. The van der Waals surface area contributed by atoms with Gasteiger partial charge in [0.05, 0.1) is 11.0 Å². The molecule has 0 unspecified atom stereocenters. The Kier molecular flexibility index (Phi) is 6.48. The van der Waals surface area contributed by atoms with E-state index in [0.717, 1.165) is 64.2 Å². The van der Waals surface area contributed by atoms with Crippen molar-refractivity contribution < 1.29 is 4.39 Å². The quantitative estimate of drug-likeness (QED) is 0.268. The van der Waals surface area contributed by atoms with E-state index in [1.165, 1.54) is 11.6 Å². The first-order valence-corrected chi connectivity index (χ1v) is 12.6. The minimum Gasteiger partial charge on any atom is -0.367 e. The highest BCUT2D eigenvalue weighted by Gasteiger charge is 2.25. The van der Waals surface area contributed by atoms with Crippen molar-refractivity contribution in [2.45, 2.75) is 51.0 Å². The van der Waals surface area contributed by atoms with Crippen LogP contribution in [0.15, 0.2) is 53.1 Å². The minimum absolute atomic E-state index is 0.199. The van der Waals surface area contributed by atoms with Gasteiger partial charge < -0.3 is 5.32 Å². The maximum Gasteiger partial charge on any atom is 0.224 e. The van der Waals surface area contributed by atoms with E-state index in [1.54, 1.807) is 12.1 Å². The lowest BCUT2D eigenvalue weighted by Gasteiger charge is -2.31. The smallest absolute Gasteiger partial charge is 0.224 e. The molecule has 1 saturated carbocycles. The summed E-state index contributed by atoms with van der Waals surface area (Å²) >= 11 is 9.66. The van der Waals surface area contributed by atoms with Gasteiger partial charge in [0.15, 0.2) is 0 Å².